The quantitative estimate of drug-likeness (QED) is 0.137. The normalized spacial score (nSPS) is 39.1. The maximum Gasteiger partial charge on any atom is 1.00 e. The maximum absolute atomic E-state index is 11.8. The van der Waals surface area contributed by atoms with Crippen LogP contribution in [0.5, 0.6) is 0 Å². The van der Waals surface area contributed by atoms with Gasteiger partial charge >= 0.3 is 59.1 Å². The summed E-state index contributed by atoms with van der Waals surface area (Å²) in [6.45, 7) is 10.8. The first-order chi connectivity index (χ1) is 17.4. The first-order valence-electron chi connectivity index (χ1n) is 14.1. The number of hydrogen-bond acceptors (Lipinski definition) is 9. The molecular formula is C27H44Na2O9S2. The van der Waals surface area contributed by atoms with Crippen molar-refractivity contribution in [1.29, 1.82) is 0 Å². The molecule has 9 nitrogen and oxygen atoms in total. The first-order valence-corrected chi connectivity index (χ1v) is 16.8. The molecule has 0 amide bonds. The molecule has 1 N–H and O–H groups in total. The van der Waals surface area contributed by atoms with Gasteiger partial charge in [-0.25, -0.2) is 16.8 Å². The van der Waals surface area contributed by atoms with E-state index >= 15 is 0 Å². The van der Waals surface area contributed by atoms with Gasteiger partial charge in [-0.3, -0.25) is 8.37 Å². The summed E-state index contributed by atoms with van der Waals surface area (Å²) in [5, 5.41) is 11.0. The van der Waals surface area contributed by atoms with E-state index in [0.717, 1.165) is 32.1 Å². The fourth-order valence-electron chi connectivity index (χ4n) is 8.96. The zero-order chi connectivity index (χ0) is 28.3. The molecule has 0 aliphatic heterocycles. The molecule has 0 spiro atoms. The van der Waals surface area contributed by atoms with E-state index in [1.54, 1.807) is 0 Å². The Morgan fingerprint density at radius 1 is 0.950 bits per heavy atom. The van der Waals surface area contributed by atoms with Gasteiger partial charge in [0, 0.05) is 0 Å². The van der Waals surface area contributed by atoms with Crippen LogP contribution in [0.25, 0.3) is 0 Å². The van der Waals surface area contributed by atoms with Crippen LogP contribution in [0.4, 0.5) is 0 Å². The van der Waals surface area contributed by atoms with Crippen molar-refractivity contribution in [3.05, 3.63) is 11.6 Å². The number of aliphatic hydroxyl groups is 1. The van der Waals surface area contributed by atoms with Gasteiger partial charge in [0.2, 0.25) is 20.8 Å². The minimum Gasteiger partial charge on any atom is -0.726 e. The Bertz CT molecular complexity index is 1130. The van der Waals surface area contributed by atoms with E-state index in [9.17, 15) is 31.0 Å². The third kappa shape index (κ3) is 7.98. The van der Waals surface area contributed by atoms with Gasteiger partial charge in [0.25, 0.3) is 0 Å². The van der Waals surface area contributed by atoms with Crippen LogP contribution >= 0.6 is 0 Å². The second-order valence-corrected chi connectivity index (χ2v) is 15.4. The molecular weight excluding hydrogens is 578 g/mol. The average molecular weight is 623 g/mol. The number of rotatable bonds is 9. The Morgan fingerprint density at radius 2 is 1.57 bits per heavy atom. The van der Waals surface area contributed by atoms with Crippen LogP contribution in [0.2, 0.25) is 0 Å². The van der Waals surface area contributed by atoms with Gasteiger partial charge in [0.15, 0.2) is 0 Å². The molecule has 3 fully saturated rings. The first kappa shape index (κ1) is 37.6. The topological polar surface area (TPSA) is 153 Å². The Labute approximate surface area is 285 Å². The fourth-order valence-corrected chi connectivity index (χ4v) is 9.98. The molecule has 4 aliphatic carbocycles. The Balaban J connectivity index is 0.00000280. The van der Waals surface area contributed by atoms with Crippen molar-refractivity contribution in [2.75, 3.05) is 0 Å². The van der Waals surface area contributed by atoms with Crippen molar-refractivity contribution in [2.45, 2.75) is 111 Å². The van der Waals surface area contributed by atoms with Crippen LogP contribution < -0.4 is 59.1 Å². The largest absolute Gasteiger partial charge is 1.00 e. The van der Waals surface area contributed by atoms with E-state index in [2.05, 4.69) is 40.7 Å². The van der Waals surface area contributed by atoms with Gasteiger partial charge in [0.05, 0.1) is 18.3 Å². The van der Waals surface area contributed by atoms with Crippen LogP contribution in [0.1, 0.15) is 92.4 Å². The van der Waals surface area contributed by atoms with Gasteiger partial charge in [-0.2, -0.15) is 0 Å². The smallest absolute Gasteiger partial charge is 0.726 e. The minimum absolute atomic E-state index is 0. The summed E-state index contributed by atoms with van der Waals surface area (Å²) < 4.78 is 79.0. The predicted molar refractivity (Wildman–Crippen MR) is 139 cm³/mol. The van der Waals surface area contributed by atoms with E-state index in [-0.39, 0.29) is 94.8 Å². The van der Waals surface area contributed by atoms with Crippen molar-refractivity contribution >= 4 is 20.8 Å². The third-order valence-corrected chi connectivity index (χ3v) is 11.8. The molecule has 40 heavy (non-hydrogen) atoms. The summed E-state index contributed by atoms with van der Waals surface area (Å²) in [7, 11) is -9.91. The molecule has 0 radical (unpaired) electrons. The zero-order valence-corrected chi connectivity index (χ0v) is 30.8. The Morgan fingerprint density at radius 3 is 2.15 bits per heavy atom. The van der Waals surface area contributed by atoms with Gasteiger partial charge in [-0.1, -0.05) is 46.3 Å². The van der Waals surface area contributed by atoms with E-state index in [1.807, 2.05) is 0 Å². The van der Waals surface area contributed by atoms with E-state index < -0.39 is 44.3 Å². The monoisotopic (exact) mass is 622 g/mol. The molecule has 10 atom stereocenters. The van der Waals surface area contributed by atoms with Crippen LogP contribution in [0.15, 0.2) is 11.6 Å². The molecule has 4 rings (SSSR count). The Hall–Kier alpha value is 1.44. The molecule has 0 saturated heterocycles. The molecule has 0 aromatic heterocycles. The molecule has 0 aromatic rings. The number of fused-ring (bicyclic) bond motifs is 5. The van der Waals surface area contributed by atoms with Gasteiger partial charge < -0.3 is 14.2 Å². The van der Waals surface area contributed by atoms with Gasteiger partial charge in [-0.15, -0.1) is 0 Å². The van der Waals surface area contributed by atoms with Crippen molar-refractivity contribution in [2.24, 2.45) is 46.3 Å². The zero-order valence-electron chi connectivity index (χ0n) is 25.2. The number of allylic oxidation sites excluding steroid dienone is 2. The van der Waals surface area contributed by atoms with E-state index in [0.29, 0.717) is 31.1 Å². The summed E-state index contributed by atoms with van der Waals surface area (Å²) in [6.07, 6.45) is 6.04. The summed E-state index contributed by atoms with van der Waals surface area (Å²) in [6, 6.07) is 0. The second kappa shape index (κ2) is 13.8. The van der Waals surface area contributed by atoms with Crippen molar-refractivity contribution in [3.8, 4) is 0 Å². The molecule has 3 saturated carbocycles. The summed E-state index contributed by atoms with van der Waals surface area (Å²) in [5.74, 6) is 0.832. The molecule has 0 heterocycles. The van der Waals surface area contributed by atoms with Gasteiger partial charge in [-0.05, 0) is 104 Å². The average Bonchev–Trinajstić information content (AvgIpc) is 3.13. The summed E-state index contributed by atoms with van der Waals surface area (Å²) in [4.78, 5) is 0. The number of hydrogen-bond donors (Lipinski definition) is 1. The molecule has 1 unspecified atom stereocenters. The predicted octanol–water partition coefficient (Wildman–Crippen LogP) is -1.69. The van der Waals surface area contributed by atoms with Crippen LogP contribution in [-0.2, 0) is 29.2 Å². The van der Waals surface area contributed by atoms with Crippen molar-refractivity contribution in [3.63, 3.8) is 0 Å². The molecule has 0 bridgehead atoms. The standard InChI is InChI=1S/C27H46O9S2.2Na/c1-16(2)6-9-24(28)17(3)20-7-8-21-19-15-25(36-38(32,33)34)23-14-18(35-37(29,30)31)10-12-27(23,5)22(19)11-13-26(20,21)4;;/h11,16-21,23-25,28H,6-10,12-15H2,1-5H3,(H,29,30,31)(H,32,33,34);;/q;2*+1/p-2/t17-,18-,19-,20+,21-,23?,24+,25-,26+,27+;;/m0../s1. The minimum atomic E-state index is -5.00. The van der Waals surface area contributed by atoms with Gasteiger partial charge in [0.1, 0.15) is 0 Å². The summed E-state index contributed by atoms with van der Waals surface area (Å²) >= 11 is 0. The third-order valence-electron chi connectivity index (χ3n) is 10.8. The number of aliphatic hydroxyl groups excluding tert-OH is 1. The van der Waals surface area contributed by atoms with Crippen molar-refractivity contribution < 1.29 is 98.5 Å². The Kier molecular flexibility index (Phi) is 13.0. The van der Waals surface area contributed by atoms with E-state index in [4.69, 9.17) is 8.37 Å². The van der Waals surface area contributed by atoms with E-state index in [1.165, 1.54) is 5.57 Å². The molecule has 4 aliphatic rings. The van der Waals surface area contributed by atoms with Crippen LogP contribution in [0, 0.1) is 46.3 Å². The SMILES string of the molecule is CC(C)CC[C@@H](O)[C@@H](C)[C@H]1CC[C@H]2[C@@H]3C[C@H](OS(=O)(=O)[O-])C4C[C@@H](OS(=O)(=O)[O-])CC[C@]4(C)C3=CC[C@]12C.[Na+].[Na+]. The molecule has 220 valence electrons. The van der Waals surface area contributed by atoms with Crippen molar-refractivity contribution in [1.82, 2.24) is 0 Å². The van der Waals surface area contributed by atoms with Crippen LogP contribution in [-0.4, -0.2) is 49.4 Å². The maximum atomic E-state index is 11.8. The molecule has 0 aromatic carbocycles. The fraction of sp³-hybridized carbons (Fsp3) is 0.926. The molecule has 13 heteroatoms. The summed E-state index contributed by atoms with van der Waals surface area (Å²) in [5.41, 5.74) is 0.685. The second-order valence-electron chi connectivity index (χ2n) is 13.4. The van der Waals surface area contributed by atoms with Crippen LogP contribution in [0.3, 0.4) is 0 Å².